The second-order valence-corrected chi connectivity index (χ2v) is 43.4. The molecular weight excluding hydrogens is 1080 g/mol. The molecule has 2 aliphatic heterocycles. The summed E-state index contributed by atoms with van der Waals surface area (Å²) < 4.78 is 50.2. The normalized spacial score (nSPS) is 47.2. The minimum atomic E-state index is -1.87. The molecule has 16 heteroatoms. The highest BCUT2D eigenvalue weighted by Gasteiger charge is 2.76. The lowest BCUT2D eigenvalue weighted by Crippen LogP contribution is -2.72. The van der Waals surface area contributed by atoms with Crippen LogP contribution in [0.4, 0.5) is 0 Å². The first kappa shape index (κ1) is 62.4. The van der Waals surface area contributed by atoms with Crippen molar-refractivity contribution in [3.05, 3.63) is 0 Å². The highest BCUT2D eigenvalue weighted by molar-refractivity contribution is 8.26. The van der Waals surface area contributed by atoms with E-state index < -0.39 is 43.0 Å². The Hall–Kier alpha value is 1.75. The number of ether oxygens (including phenoxy) is 4. The first-order chi connectivity index (χ1) is 33.3. The molecule has 0 spiro atoms. The number of alkyl halides is 3. The van der Waals surface area contributed by atoms with Crippen LogP contribution in [0.15, 0.2) is 0 Å². The highest BCUT2D eigenvalue weighted by atomic mass is 36.0. The van der Waals surface area contributed by atoms with Crippen molar-refractivity contribution in [3.8, 4) is 0 Å². The van der Waals surface area contributed by atoms with Gasteiger partial charge in [-0.15, -0.1) is 34.8 Å². The van der Waals surface area contributed by atoms with E-state index in [2.05, 4.69) is 144 Å². The van der Waals surface area contributed by atoms with Gasteiger partial charge >= 0.3 is 0 Å². The van der Waals surface area contributed by atoms with Crippen LogP contribution in [0.25, 0.3) is 0 Å². The van der Waals surface area contributed by atoms with E-state index >= 15 is 0 Å². The first-order valence-electron chi connectivity index (χ1n) is 28.6. The summed E-state index contributed by atoms with van der Waals surface area (Å²) in [6, 6.07) is 0. The Morgan fingerprint density at radius 1 is 0.534 bits per heavy atom. The molecule has 8 saturated carbocycles. The van der Waals surface area contributed by atoms with Gasteiger partial charge in [0.25, 0.3) is 0 Å². The Bertz CT molecular complexity index is 1850. The van der Waals surface area contributed by atoms with Crippen molar-refractivity contribution in [2.45, 2.75) is 295 Å². The molecular formula is C57H101Cl5O8SSi2. The lowest BCUT2D eigenvalue weighted by Gasteiger charge is -2.67. The van der Waals surface area contributed by atoms with Crippen LogP contribution in [0.1, 0.15) is 200 Å². The minimum absolute atomic E-state index is 0.00239. The number of hydrogen-bond donors (Lipinski definition) is 1. The zero-order chi connectivity index (χ0) is 54.8. The van der Waals surface area contributed by atoms with Gasteiger partial charge in [0.05, 0.1) is 52.4 Å². The largest absolute Gasteiger partial charge is 0.413 e. The molecule has 0 bridgehead atoms. The Labute approximate surface area is 473 Å². The third kappa shape index (κ3) is 10.8. The second-order valence-electron chi connectivity index (χ2n) is 29.9. The van der Waals surface area contributed by atoms with Crippen molar-refractivity contribution >= 4 is 82.0 Å². The Morgan fingerprint density at radius 3 is 1.32 bits per heavy atom. The van der Waals surface area contributed by atoms with E-state index in [-0.39, 0.29) is 72.3 Å². The number of hydrogen-bond acceptors (Lipinski definition) is 8. The van der Waals surface area contributed by atoms with E-state index in [1.165, 1.54) is 57.8 Å². The molecule has 8 aliphatic carbocycles. The van der Waals surface area contributed by atoms with Crippen LogP contribution in [-0.2, 0) is 37.0 Å². The number of fused-ring (bicyclic) bond motifs is 16. The van der Waals surface area contributed by atoms with Crippen LogP contribution in [0.3, 0.4) is 0 Å². The average Bonchev–Trinajstić information content (AvgIpc) is 3.96. The van der Waals surface area contributed by atoms with Gasteiger partial charge in [0.2, 0.25) is 9.23 Å². The fraction of sp³-hybridized carbons (Fsp3) is 1.00. The van der Waals surface area contributed by atoms with Crippen molar-refractivity contribution < 1.29 is 37.1 Å². The minimum Gasteiger partial charge on any atom is -0.413 e. The lowest BCUT2D eigenvalue weighted by atomic mass is 9.41. The smallest absolute Gasteiger partial charge is 0.211 e. The van der Waals surface area contributed by atoms with Crippen molar-refractivity contribution in [2.24, 2.45) is 57.2 Å². The molecule has 0 amide bonds. The van der Waals surface area contributed by atoms with E-state index in [1.807, 2.05) is 0 Å². The summed E-state index contributed by atoms with van der Waals surface area (Å²) in [6.45, 7) is 42.0. The van der Waals surface area contributed by atoms with Crippen LogP contribution < -0.4 is 0 Å². The van der Waals surface area contributed by atoms with Crippen molar-refractivity contribution in [1.82, 2.24) is 0 Å². The van der Waals surface area contributed by atoms with Gasteiger partial charge in [-0.3, -0.25) is 0 Å². The zero-order valence-corrected chi connectivity index (χ0v) is 55.1. The summed E-state index contributed by atoms with van der Waals surface area (Å²) in [6.07, 6.45) is 19.7. The SMILES string of the molecule is CC1(C)O[C@@H]2C3CCCC[C@]3(C)[C@@]3(Cl)CC[C@@]4(C)C(CC[C@@H]4O[Si](C)(C)C(C)(C)C)C3[C@H]2O1.CC1(C)O[C@@H]2C3CCCC[C@]3(C)[C@@]3(O)CC[C@@]4(C)C(CC[C@@H]4O[Si](C)(C)C(C)(C)C)C3[C@H]2O1.ClCCl.O=S(Cl)Cl. The fourth-order valence-corrected chi connectivity index (χ4v) is 21.2. The lowest BCUT2D eigenvalue weighted by molar-refractivity contribution is -0.274. The zero-order valence-electron chi connectivity index (χ0n) is 48.6. The van der Waals surface area contributed by atoms with Gasteiger partial charge in [-0.2, -0.15) is 0 Å². The molecule has 18 atom stereocenters. The molecule has 426 valence electrons. The summed E-state index contributed by atoms with van der Waals surface area (Å²) in [5.74, 6) is 1.27. The molecule has 0 aromatic carbocycles. The van der Waals surface area contributed by atoms with Gasteiger partial charge in [0.1, 0.15) is 0 Å². The monoisotopic (exact) mass is 1180 g/mol. The summed E-state index contributed by atoms with van der Waals surface area (Å²) in [4.78, 5) is -0.195. The molecule has 2 saturated heterocycles. The third-order valence-corrected chi connectivity index (χ3v) is 33.3. The van der Waals surface area contributed by atoms with Crippen molar-refractivity contribution in [1.29, 1.82) is 0 Å². The number of halogens is 5. The highest BCUT2D eigenvalue weighted by Crippen LogP contribution is 2.74. The molecule has 8 nitrogen and oxygen atoms in total. The van der Waals surface area contributed by atoms with Gasteiger partial charge in [-0.05, 0) is 181 Å². The molecule has 1 N–H and O–H groups in total. The van der Waals surface area contributed by atoms with Crippen molar-refractivity contribution in [3.63, 3.8) is 0 Å². The molecule has 10 rings (SSSR count). The molecule has 6 unspecified atom stereocenters. The van der Waals surface area contributed by atoms with E-state index in [0.29, 0.717) is 41.8 Å². The van der Waals surface area contributed by atoms with Crippen LogP contribution in [0.2, 0.25) is 36.3 Å². The van der Waals surface area contributed by atoms with E-state index in [4.69, 9.17) is 66.8 Å². The van der Waals surface area contributed by atoms with Gasteiger partial charge in [0.15, 0.2) is 28.2 Å². The summed E-state index contributed by atoms with van der Waals surface area (Å²) >= 11 is 17.5. The summed E-state index contributed by atoms with van der Waals surface area (Å²) in [5.41, 5.74) is -0.343. The average molecular weight is 1180 g/mol. The molecule has 0 aromatic heterocycles. The van der Waals surface area contributed by atoms with Gasteiger partial charge < -0.3 is 32.9 Å². The Balaban J connectivity index is 0.000000190. The maximum atomic E-state index is 12.7. The van der Waals surface area contributed by atoms with Gasteiger partial charge in [-0.1, -0.05) is 94.9 Å². The number of aliphatic hydroxyl groups is 1. The van der Waals surface area contributed by atoms with E-state index in [1.54, 1.807) is 0 Å². The standard InChI is InChI=1S/C28H49ClO3Si.C28H50O4Si.CH2Cl2.Cl2OS/c2*1-24(2,3)33(8,9)32-20-14-13-18-21-23-22(30-25(4,5)31-23)19-12-10-11-15-27(19,7)28(21,29)17-16-26(18,20)6;2-1-3;1-4(2)3/h18-23H,10-17H2,1-9H3;18-23,29H,10-17H2,1-9H3;1H2;/t2*18?,19?,20-,21?,22+,23+,26-,27-,28+;;/m00../s1. The molecule has 10 aliphatic rings. The topological polar surface area (TPSA) is 92.7 Å². The van der Waals surface area contributed by atoms with Gasteiger partial charge in [0, 0.05) is 38.6 Å². The fourth-order valence-electron chi connectivity index (χ4n) is 17.6. The third-order valence-electron chi connectivity index (χ3n) is 23.5. The molecule has 73 heavy (non-hydrogen) atoms. The van der Waals surface area contributed by atoms with E-state index in [9.17, 15) is 5.11 Å². The molecule has 0 aromatic rings. The maximum Gasteiger partial charge on any atom is 0.211 e. The predicted molar refractivity (Wildman–Crippen MR) is 309 cm³/mol. The van der Waals surface area contributed by atoms with Crippen molar-refractivity contribution in [2.75, 3.05) is 5.34 Å². The molecule has 2 heterocycles. The molecule has 0 radical (unpaired) electrons. The van der Waals surface area contributed by atoms with E-state index in [0.717, 1.165) is 44.9 Å². The van der Waals surface area contributed by atoms with Gasteiger partial charge in [-0.25, -0.2) is 4.21 Å². The quantitative estimate of drug-likeness (QED) is 0.169. The Morgan fingerprint density at radius 2 is 0.890 bits per heavy atom. The van der Waals surface area contributed by atoms with Crippen LogP contribution in [0.5, 0.6) is 0 Å². The van der Waals surface area contributed by atoms with Crippen LogP contribution in [-0.4, -0.2) is 90.0 Å². The first-order valence-corrected chi connectivity index (χ1v) is 38.7. The maximum absolute atomic E-state index is 12.7. The van der Waals surface area contributed by atoms with Crippen LogP contribution >= 0.6 is 56.2 Å². The molecule has 10 fully saturated rings. The van der Waals surface area contributed by atoms with Crippen LogP contribution in [0, 0.1) is 57.2 Å². The summed E-state index contributed by atoms with van der Waals surface area (Å²) in [5, 5.41) is 13.3. The number of rotatable bonds is 4. The Kier molecular flexibility index (Phi) is 18.1. The predicted octanol–water partition coefficient (Wildman–Crippen LogP) is 17.0. The summed E-state index contributed by atoms with van der Waals surface area (Å²) in [7, 11) is 3.65. The second kappa shape index (κ2) is 21.2.